The lowest BCUT2D eigenvalue weighted by Gasteiger charge is -2.19. The van der Waals surface area contributed by atoms with Gasteiger partial charge in [-0.2, -0.15) is 0 Å². The number of benzene rings is 1. The molecule has 0 radical (unpaired) electrons. The van der Waals surface area contributed by atoms with Gasteiger partial charge in [-0.05, 0) is 12.5 Å². The van der Waals surface area contributed by atoms with Gasteiger partial charge in [0, 0.05) is 17.0 Å². The molecule has 0 amide bonds. The molecule has 6 nitrogen and oxygen atoms in total. The minimum absolute atomic E-state index is 0.140. The Bertz CT molecular complexity index is 447. The third-order valence-corrected chi connectivity index (χ3v) is 2.92. The average Bonchev–Trinajstić information content (AvgIpc) is 2.28. The van der Waals surface area contributed by atoms with Gasteiger partial charge < -0.3 is 25.5 Å². The molecule has 0 spiro atoms. The molecular formula is C11H13BrO6. The number of phenolic OH excluding ortho intramolecular Hbond substituents is 1. The number of phenols is 2. The molecule has 0 aliphatic rings. The van der Waals surface area contributed by atoms with Crippen molar-refractivity contribution in [1.82, 2.24) is 0 Å². The minimum Gasteiger partial charge on any atom is -0.507 e. The molecule has 0 heterocycles. The van der Waals surface area contributed by atoms with Crippen molar-refractivity contribution in [2.45, 2.75) is 18.6 Å². The second kappa shape index (κ2) is 6.03. The standard InChI is InChI=1S/C11H13BrO6/c12-2-1-7(13)10(16)5-3-6(11(17)18)9(15)4-8(5)14/h3-4,7,10,13-16H,1-2H2,(H,17,18). The van der Waals surface area contributed by atoms with E-state index >= 15 is 0 Å². The molecule has 18 heavy (non-hydrogen) atoms. The number of carboxylic acid groups (broad SMARTS) is 1. The monoisotopic (exact) mass is 320 g/mol. The van der Waals surface area contributed by atoms with Crippen molar-refractivity contribution < 1.29 is 30.3 Å². The second-order valence-electron chi connectivity index (χ2n) is 3.72. The van der Waals surface area contributed by atoms with Gasteiger partial charge in [-0.15, -0.1) is 0 Å². The van der Waals surface area contributed by atoms with E-state index in [-0.39, 0.29) is 12.0 Å². The van der Waals surface area contributed by atoms with Crippen LogP contribution in [0.2, 0.25) is 0 Å². The molecule has 5 N–H and O–H groups in total. The molecule has 0 aliphatic carbocycles. The summed E-state index contributed by atoms with van der Waals surface area (Å²) in [5.41, 5.74) is -0.591. The lowest BCUT2D eigenvalue weighted by atomic mass is 9.99. The lowest BCUT2D eigenvalue weighted by molar-refractivity contribution is 0.0159. The Morgan fingerprint density at radius 2 is 1.83 bits per heavy atom. The maximum absolute atomic E-state index is 10.8. The molecule has 0 fully saturated rings. The number of aromatic carboxylic acids is 1. The van der Waals surface area contributed by atoms with E-state index in [2.05, 4.69) is 15.9 Å². The van der Waals surface area contributed by atoms with Crippen LogP contribution in [0.4, 0.5) is 0 Å². The molecule has 0 saturated heterocycles. The summed E-state index contributed by atoms with van der Waals surface area (Å²) in [7, 11) is 0. The summed E-state index contributed by atoms with van der Waals surface area (Å²) in [5, 5.41) is 47.5. The van der Waals surface area contributed by atoms with Gasteiger partial charge in [0.25, 0.3) is 0 Å². The predicted octanol–water partition coefficient (Wildman–Crippen LogP) is 0.975. The van der Waals surface area contributed by atoms with Crippen molar-refractivity contribution in [3.8, 4) is 11.5 Å². The van der Waals surface area contributed by atoms with Crippen molar-refractivity contribution in [1.29, 1.82) is 0 Å². The van der Waals surface area contributed by atoms with Crippen molar-refractivity contribution in [3.05, 3.63) is 23.3 Å². The first kappa shape index (κ1) is 14.7. The number of aliphatic hydroxyl groups excluding tert-OH is 2. The molecule has 0 aliphatic heterocycles. The molecule has 1 rings (SSSR count). The maximum Gasteiger partial charge on any atom is 0.339 e. The number of rotatable bonds is 5. The zero-order valence-corrected chi connectivity index (χ0v) is 10.8. The lowest BCUT2D eigenvalue weighted by Crippen LogP contribution is -2.19. The van der Waals surface area contributed by atoms with Gasteiger partial charge in [-0.25, -0.2) is 4.79 Å². The number of hydrogen-bond acceptors (Lipinski definition) is 5. The van der Waals surface area contributed by atoms with E-state index in [0.717, 1.165) is 12.1 Å². The number of carboxylic acids is 1. The summed E-state index contributed by atoms with van der Waals surface area (Å²) in [5.74, 6) is -2.47. The molecule has 2 unspecified atom stereocenters. The molecule has 7 heteroatoms. The first-order chi connectivity index (χ1) is 8.38. The number of aliphatic hydroxyl groups is 2. The van der Waals surface area contributed by atoms with Gasteiger partial charge in [0.2, 0.25) is 0 Å². The van der Waals surface area contributed by atoms with E-state index < -0.39 is 35.2 Å². The second-order valence-corrected chi connectivity index (χ2v) is 4.52. The van der Waals surface area contributed by atoms with E-state index in [4.69, 9.17) is 5.11 Å². The van der Waals surface area contributed by atoms with Crippen LogP contribution in [-0.2, 0) is 0 Å². The van der Waals surface area contributed by atoms with Crippen LogP contribution in [-0.4, -0.2) is 42.9 Å². The topological polar surface area (TPSA) is 118 Å². The highest BCUT2D eigenvalue weighted by Crippen LogP contribution is 2.33. The van der Waals surface area contributed by atoms with E-state index in [1.54, 1.807) is 0 Å². The fraction of sp³-hybridized carbons (Fsp3) is 0.364. The van der Waals surface area contributed by atoms with Crippen LogP contribution >= 0.6 is 15.9 Å². The molecule has 0 saturated carbocycles. The van der Waals surface area contributed by atoms with Crippen LogP contribution in [0.3, 0.4) is 0 Å². The Morgan fingerprint density at radius 1 is 1.22 bits per heavy atom. The van der Waals surface area contributed by atoms with Crippen LogP contribution in [0, 0.1) is 0 Å². The fourth-order valence-electron chi connectivity index (χ4n) is 1.48. The normalized spacial score (nSPS) is 14.2. The molecule has 100 valence electrons. The highest BCUT2D eigenvalue weighted by Gasteiger charge is 2.24. The van der Waals surface area contributed by atoms with E-state index in [9.17, 15) is 25.2 Å². The SMILES string of the molecule is O=C(O)c1cc(C(O)C(O)CCBr)c(O)cc1O. The summed E-state index contributed by atoms with van der Waals surface area (Å²) in [6.45, 7) is 0. The highest BCUT2D eigenvalue weighted by molar-refractivity contribution is 9.09. The van der Waals surface area contributed by atoms with E-state index in [1.807, 2.05) is 0 Å². The first-order valence-corrected chi connectivity index (χ1v) is 6.22. The highest BCUT2D eigenvalue weighted by atomic mass is 79.9. The summed E-state index contributed by atoms with van der Waals surface area (Å²) >= 11 is 3.09. The van der Waals surface area contributed by atoms with Crippen molar-refractivity contribution in [2.24, 2.45) is 0 Å². The zero-order chi connectivity index (χ0) is 13.9. The van der Waals surface area contributed by atoms with Crippen LogP contribution in [0.25, 0.3) is 0 Å². The van der Waals surface area contributed by atoms with E-state index in [0.29, 0.717) is 5.33 Å². The molecule has 1 aromatic carbocycles. The number of alkyl halides is 1. The van der Waals surface area contributed by atoms with Gasteiger partial charge in [0.05, 0.1) is 6.10 Å². The van der Waals surface area contributed by atoms with Gasteiger partial charge >= 0.3 is 5.97 Å². The molecule has 0 bridgehead atoms. The zero-order valence-electron chi connectivity index (χ0n) is 9.25. The Hall–Kier alpha value is -1.31. The Labute approximate surface area is 111 Å². The number of halogens is 1. The third kappa shape index (κ3) is 3.12. The average molecular weight is 321 g/mol. The van der Waals surface area contributed by atoms with Gasteiger partial charge in [-0.1, -0.05) is 15.9 Å². The molecular weight excluding hydrogens is 308 g/mol. The summed E-state index contributed by atoms with van der Waals surface area (Å²) in [6.07, 6.45) is -2.35. The quantitative estimate of drug-likeness (QED) is 0.516. The largest absolute Gasteiger partial charge is 0.507 e. The Morgan fingerprint density at radius 3 is 2.33 bits per heavy atom. The van der Waals surface area contributed by atoms with Crippen molar-refractivity contribution in [2.75, 3.05) is 5.33 Å². The molecule has 1 aromatic rings. The minimum atomic E-state index is -1.43. The predicted molar refractivity (Wildman–Crippen MR) is 66.1 cm³/mol. The molecule has 0 aromatic heterocycles. The third-order valence-electron chi connectivity index (χ3n) is 2.46. The first-order valence-electron chi connectivity index (χ1n) is 5.09. The van der Waals surface area contributed by atoms with E-state index in [1.165, 1.54) is 0 Å². The fourth-order valence-corrected chi connectivity index (χ4v) is 1.95. The van der Waals surface area contributed by atoms with Crippen molar-refractivity contribution >= 4 is 21.9 Å². The maximum atomic E-state index is 10.8. The van der Waals surface area contributed by atoms with Crippen LogP contribution in [0.15, 0.2) is 12.1 Å². The van der Waals surface area contributed by atoms with Gasteiger partial charge in [-0.3, -0.25) is 0 Å². The number of carbonyl (C=O) groups is 1. The summed E-state index contributed by atoms with van der Waals surface area (Å²) in [6, 6.07) is 1.76. The van der Waals surface area contributed by atoms with Crippen molar-refractivity contribution in [3.63, 3.8) is 0 Å². The van der Waals surface area contributed by atoms with Gasteiger partial charge in [0.15, 0.2) is 0 Å². The van der Waals surface area contributed by atoms with Gasteiger partial charge in [0.1, 0.15) is 23.2 Å². The van der Waals surface area contributed by atoms with Crippen LogP contribution < -0.4 is 0 Å². The number of hydrogen-bond donors (Lipinski definition) is 5. The smallest absolute Gasteiger partial charge is 0.339 e. The molecule has 2 atom stereocenters. The summed E-state index contributed by atoms with van der Waals surface area (Å²) < 4.78 is 0. The summed E-state index contributed by atoms with van der Waals surface area (Å²) in [4.78, 5) is 10.8. The Balaban J connectivity index is 3.15. The number of aromatic hydroxyl groups is 2. The Kier molecular flexibility index (Phi) is 4.94. The van der Waals surface area contributed by atoms with Crippen LogP contribution in [0.1, 0.15) is 28.4 Å². The van der Waals surface area contributed by atoms with Crippen LogP contribution in [0.5, 0.6) is 11.5 Å².